The Kier molecular flexibility index (Phi) is 4.91. The summed E-state index contributed by atoms with van der Waals surface area (Å²) in [6.45, 7) is 8.02. The van der Waals surface area contributed by atoms with E-state index in [0.29, 0.717) is 16.5 Å². The summed E-state index contributed by atoms with van der Waals surface area (Å²) in [5.41, 5.74) is 0.846. The maximum atomic E-state index is 13.1. The predicted molar refractivity (Wildman–Crippen MR) is 104 cm³/mol. The van der Waals surface area contributed by atoms with Crippen molar-refractivity contribution >= 4 is 34.2 Å². The molecular formula is C21H24N2O4. The lowest BCUT2D eigenvalue weighted by atomic mass is 9.89. The van der Waals surface area contributed by atoms with E-state index in [4.69, 9.17) is 4.74 Å². The van der Waals surface area contributed by atoms with Gasteiger partial charge < -0.3 is 10.1 Å². The molecule has 6 heteroatoms. The summed E-state index contributed by atoms with van der Waals surface area (Å²) in [5.74, 6) is -1.20. The topological polar surface area (TPSA) is 75.7 Å². The molecular weight excluding hydrogens is 344 g/mol. The predicted octanol–water partition coefficient (Wildman–Crippen LogP) is 3.46. The Morgan fingerprint density at radius 1 is 1.07 bits per heavy atom. The fraction of sp³-hybridized carbons (Fsp3) is 0.381. The van der Waals surface area contributed by atoms with Gasteiger partial charge in [0.25, 0.3) is 11.8 Å². The summed E-state index contributed by atoms with van der Waals surface area (Å²) in [7, 11) is 0. The number of nitrogens with zero attached hydrogens (tertiary/aromatic N) is 1. The number of hydrogen-bond acceptors (Lipinski definition) is 5. The molecule has 0 unspecified atom stereocenters. The zero-order valence-corrected chi connectivity index (χ0v) is 16.1. The van der Waals surface area contributed by atoms with Crippen LogP contribution in [-0.4, -0.2) is 42.4 Å². The number of rotatable bonds is 6. The Labute approximate surface area is 158 Å². The molecule has 142 valence electrons. The van der Waals surface area contributed by atoms with Crippen molar-refractivity contribution in [2.45, 2.75) is 27.7 Å². The third kappa shape index (κ3) is 3.16. The quantitative estimate of drug-likeness (QED) is 0.624. The number of anilines is 1. The molecule has 0 bridgehead atoms. The van der Waals surface area contributed by atoms with Crippen LogP contribution in [0.4, 0.5) is 5.69 Å². The molecule has 0 aromatic heterocycles. The van der Waals surface area contributed by atoms with Crippen molar-refractivity contribution in [1.82, 2.24) is 4.90 Å². The zero-order valence-electron chi connectivity index (χ0n) is 16.1. The highest BCUT2D eigenvalue weighted by molar-refractivity contribution is 6.26. The van der Waals surface area contributed by atoms with Gasteiger partial charge in [-0.2, -0.15) is 0 Å². The minimum Gasteiger partial charge on any atom is -0.466 e. The second kappa shape index (κ2) is 7.02. The van der Waals surface area contributed by atoms with Gasteiger partial charge in [0.1, 0.15) is 0 Å². The minimum absolute atomic E-state index is 0.0334. The van der Waals surface area contributed by atoms with Crippen LogP contribution in [0.25, 0.3) is 10.8 Å². The first kappa shape index (κ1) is 18.9. The molecule has 1 N–H and O–H groups in total. The number of hydrogen-bond donors (Lipinski definition) is 1. The molecule has 1 aliphatic heterocycles. The summed E-state index contributed by atoms with van der Waals surface area (Å²) < 4.78 is 5.09. The monoisotopic (exact) mass is 368 g/mol. The standard InChI is InChI=1S/C21H24N2O4/c1-5-22-16-11-10-15-17-13(16)8-7-9-14(17)18(24)23(19(15)25)12-21(3,4)20(26)27-6-2/h7-11,22H,5-6,12H2,1-4H3. The first-order valence-electron chi connectivity index (χ1n) is 9.14. The normalized spacial score (nSPS) is 13.9. The van der Waals surface area contributed by atoms with E-state index in [1.54, 1.807) is 32.9 Å². The van der Waals surface area contributed by atoms with E-state index < -0.39 is 11.4 Å². The Morgan fingerprint density at radius 3 is 2.37 bits per heavy atom. The molecule has 1 heterocycles. The number of amides is 2. The van der Waals surface area contributed by atoms with Gasteiger partial charge in [-0.25, -0.2) is 0 Å². The highest BCUT2D eigenvalue weighted by Crippen LogP contribution is 2.35. The molecule has 0 radical (unpaired) electrons. The first-order chi connectivity index (χ1) is 12.8. The van der Waals surface area contributed by atoms with Crippen LogP contribution in [0.1, 0.15) is 48.4 Å². The van der Waals surface area contributed by atoms with Crippen molar-refractivity contribution in [3.63, 3.8) is 0 Å². The molecule has 0 aliphatic carbocycles. The summed E-state index contributed by atoms with van der Waals surface area (Å²) in [5, 5.41) is 4.77. The molecule has 0 fully saturated rings. The van der Waals surface area contributed by atoms with Crippen LogP contribution >= 0.6 is 0 Å². The zero-order chi connectivity index (χ0) is 19.8. The van der Waals surface area contributed by atoms with Crippen LogP contribution in [0.2, 0.25) is 0 Å². The van der Waals surface area contributed by atoms with Crippen LogP contribution in [0.3, 0.4) is 0 Å². The fourth-order valence-electron chi connectivity index (χ4n) is 3.42. The number of benzene rings is 2. The summed E-state index contributed by atoms with van der Waals surface area (Å²) in [6.07, 6.45) is 0. The highest BCUT2D eigenvalue weighted by atomic mass is 16.5. The Bertz CT molecular complexity index is 911. The van der Waals surface area contributed by atoms with Gasteiger partial charge in [-0.15, -0.1) is 0 Å². The van der Waals surface area contributed by atoms with E-state index in [9.17, 15) is 14.4 Å². The van der Waals surface area contributed by atoms with Crippen molar-refractivity contribution in [3.05, 3.63) is 41.5 Å². The van der Waals surface area contributed by atoms with Crippen LogP contribution in [0.5, 0.6) is 0 Å². The van der Waals surface area contributed by atoms with Gasteiger partial charge in [0, 0.05) is 40.7 Å². The van der Waals surface area contributed by atoms with E-state index in [1.165, 1.54) is 0 Å². The third-order valence-corrected chi connectivity index (χ3v) is 4.74. The van der Waals surface area contributed by atoms with Crippen molar-refractivity contribution < 1.29 is 19.1 Å². The van der Waals surface area contributed by atoms with Crippen molar-refractivity contribution in [3.8, 4) is 0 Å². The highest BCUT2D eigenvalue weighted by Gasteiger charge is 2.40. The van der Waals surface area contributed by atoms with E-state index in [-0.39, 0.29) is 25.0 Å². The smallest absolute Gasteiger partial charge is 0.313 e. The molecule has 1 aliphatic rings. The summed E-state index contributed by atoms with van der Waals surface area (Å²) >= 11 is 0. The molecule has 0 saturated heterocycles. The number of nitrogens with one attached hydrogen (secondary N) is 1. The lowest BCUT2D eigenvalue weighted by Gasteiger charge is -2.33. The Hall–Kier alpha value is -2.89. The molecule has 0 saturated carbocycles. The van der Waals surface area contributed by atoms with Gasteiger partial charge in [0.2, 0.25) is 0 Å². The maximum Gasteiger partial charge on any atom is 0.313 e. The molecule has 2 amide bonds. The van der Waals surface area contributed by atoms with Crippen molar-refractivity contribution in [2.24, 2.45) is 5.41 Å². The van der Waals surface area contributed by atoms with E-state index in [1.807, 2.05) is 25.1 Å². The molecule has 2 aromatic rings. The summed E-state index contributed by atoms with van der Waals surface area (Å²) in [4.78, 5) is 39.5. The Balaban J connectivity index is 2.06. The van der Waals surface area contributed by atoms with Gasteiger partial charge in [0.15, 0.2) is 0 Å². The van der Waals surface area contributed by atoms with Crippen LogP contribution in [-0.2, 0) is 9.53 Å². The average molecular weight is 368 g/mol. The van der Waals surface area contributed by atoms with Crippen LogP contribution in [0, 0.1) is 5.41 Å². The second-order valence-electron chi connectivity index (χ2n) is 7.22. The molecule has 3 rings (SSSR count). The number of carbonyl (C=O) groups excluding carboxylic acids is 3. The molecule has 2 aromatic carbocycles. The lowest BCUT2D eigenvalue weighted by molar-refractivity contribution is -0.153. The SMILES string of the molecule is CCNc1ccc2c3c(cccc13)C(=O)N(CC(C)(C)C(=O)OCC)C2=O. The van der Waals surface area contributed by atoms with E-state index >= 15 is 0 Å². The first-order valence-corrected chi connectivity index (χ1v) is 9.14. The largest absolute Gasteiger partial charge is 0.466 e. The Morgan fingerprint density at radius 2 is 1.74 bits per heavy atom. The van der Waals surface area contributed by atoms with Crippen molar-refractivity contribution in [1.29, 1.82) is 0 Å². The number of imide groups is 1. The van der Waals surface area contributed by atoms with Gasteiger partial charge in [-0.1, -0.05) is 12.1 Å². The number of carbonyl (C=O) groups is 3. The minimum atomic E-state index is -0.990. The maximum absolute atomic E-state index is 13.1. The van der Waals surface area contributed by atoms with Gasteiger partial charge in [-0.3, -0.25) is 19.3 Å². The molecule has 27 heavy (non-hydrogen) atoms. The van der Waals surface area contributed by atoms with Gasteiger partial charge in [-0.05, 0) is 45.9 Å². The molecule has 6 nitrogen and oxygen atoms in total. The van der Waals surface area contributed by atoms with Gasteiger partial charge >= 0.3 is 5.97 Å². The second-order valence-corrected chi connectivity index (χ2v) is 7.22. The van der Waals surface area contributed by atoms with E-state index in [2.05, 4.69) is 5.32 Å². The van der Waals surface area contributed by atoms with Crippen LogP contribution in [0.15, 0.2) is 30.3 Å². The van der Waals surface area contributed by atoms with Gasteiger partial charge in [0.05, 0.1) is 12.0 Å². The fourth-order valence-corrected chi connectivity index (χ4v) is 3.42. The number of esters is 1. The molecule has 0 spiro atoms. The molecule has 0 atom stereocenters. The summed E-state index contributed by atoms with van der Waals surface area (Å²) in [6, 6.07) is 9.03. The number of ether oxygens (including phenoxy) is 1. The van der Waals surface area contributed by atoms with Crippen LogP contribution < -0.4 is 5.32 Å². The van der Waals surface area contributed by atoms with E-state index in [0.717, 1.165) is 22.5 Å². The lowest BCUT2D eigenvalue weighted by Crippen LogP contribution is -2.48. The third-order valence-electron chi connectivity index (χ3n) is 4.74. The average Bonchev–Trinajstić information content (AvgIpc) is 2.64. The van der Waals surface area contributed by atoms with Crippen molar-refractivity contribution in [2.75, 3.05) is 25.0 Å².